The van der Waals surface area contributed by atoms with E-state index in [1.165, 1.54) is 24.8 Å². The van der Waals surface area contributed by atoms with Gasteiger partial charge in [-0.3, -0.25) is 4.90 Å². The van der Waals surface area contributed by atoms with Gasteiger partial charge in [-0.1, -0.05) is 6.92 Å². The normalized spacial score (nSPS) is 29.4. The van der Waals surface area contributed by atoms with E-state index in [-0.39, 0.29) is 6.04 Å². The van der Waals surface area contributed by atoms with Crippen LogP contribution in [0.3, 0.4) is 0 Å². The number of thiophene rings is 1. The molecule has 0 saturated carbocycles. The van der Waals surface area contributed by atoms with Crippen molar-refractivity contribution in [2.45, 2.75) is 64.2 Å². The van der Waals surface area contributed by atoms with Crippen molar-refractivity contribution < 1.29 is 0 Å². The Labute approximate surface area is 109 Å². The van der Waals surface area contributed by atoms with Gasteiger partial charge in [-0.25, -0.2) is 0 Å². The third-order valence-corrected chi connectivity index (χ3v) is 4.72. The molecule has 0 bridgehead atoms. The summed E-state index contributed by atoms with van der Waals surface area (Å²) in [6.45, 7) is 6.78. The number of likely N-dealkylation sites (tertiary alicyclic amines) is 1. The summed E-state index contributed by atoms with van der Waals surface area (Å²) in [4.78, 5) is 2.66. The lowest BCUT2D eigenvalue weighted by molar-refractivity contribution is 0.117. The number of rotatable bonds is 4. The van der Waals surface area contributed by atoms with E-state index in [2.05, 4.69) is 42.5 Å². The van der Waals surface area contributed by atoms with Crippen molar-refractivity contribution in [1.29, 1.82) is 0 Å². The topological polar surface area (TPSA) is 29.3 Å². The SMILES string of the molecule is CCC1CCC(C)N1C(c1ccsc1)C(C)N. The smallest absolute Gasteiger partial charge is 0.0510 e. The van der Waals surface area contributed by atoms with Crippen LogP contribution in [-0.4, -0.2) is 23.0 Å². The molecule has 2 rings (SSSR count). The number of hydrogen-bond acceptors (Lipinski definition) is 3. The molecular formula is C14H24N2S. The Hall–Kier alpha value is -0.380. The highest BCUT2D eigenvalue weighted by molar-refractivity contribution is 7.07. The van der Waals surface area contributed by atoms with E-state index in [1.54, 1.807) is 11.3 Å². The molecule has 4 atom stereocenters. The first kappa shape index (κ1) is 13.1. The molecule has 0 radical (unpaired) electrons. The van der Waals surface area contributed by atoms with Crippen LogP contribution in [0.15, 0.2) is 16.8 Å². The van der Waals surface area contributed by atoms with Gasteiger partial charge in [0.15, 0.2) is 0 Å². The zero-order valence-corrected chi connectivity index (χ0v) is 11.9. The van der Waals surface area contributed by atoms with Gasteiger partial charge < -0.3 is 5.73 Å². The van der Waals surface area contributed by atoms with E-state index in [9.17, 15) is 0 Å². The quantitative estimate of drug-likeness (QED) is 0.890. The minimum atomic E-state index is 0.194. The summed E-state index contributed by atoms with van der Waals surface area (Å²) >= 11 is 1.77. The molecule has 0 amide bonds. The van der Waals surface area contributed by atoms with E-state index in [0.717, 1.165) is 0 Å². The average Bonchev–Trinajstić information content (AvgIpc) is 2.90. The molecule has 1 aromatic heterocycles. The largest absolute Gasteiger partial charge is 0.326 e. The number of nitrogens with two attached hydrogens (primary N) is 1. The van der Waals surface area contributed by atoms with E-state index in [1.807, 2.05) is 0 Å². The van der Waals surface area contributed by atoms with Crippen LogP contribution in [0.1, 0.15) is 51.6 Å². The summed E-state index contributed by atoms with van der Waals surface area (Å²) in [7, 11) is 0. The second-order valence-corrected chi connectivity index (χ2v) is 6.08. The summed E-state index contributed by atoms with van der Waals surface area (Å²) < 4.78 is 0. The highest BCUT2D eigenvalue weighted by Gasteiger charge is 2.37. The van der Waals surface area contributed by atoms with Gasteiger partial charge in [-0.05, 0) is 55.5 Å². The van der Waals surface area contributed by atoms with E-state index in [0.29, 0.717) is 18.1 Å². The molecule has 2 heterocycles. The zero-order valence-electron chi connectivity index (χ0n) is 11.1. The zero-order chi connectivity index (χ0) is 12.4. The number of hydrogen-bond donors (Lipinski definition) is 1. The fraction of sp³-hybridized carbons (Fsp3) is 0.714. The maximum Gasteiger partial charge on any atom is 0.0510 e. The standard InChI is InChI=1S/C14H24N2S/c1-4-13-6-5-10(2)16(13)14(11(3)15)12-7-8-17-9-12/h7-11,13-14H,4-6,15H2,1-3H3. The summed E-state index contributed by atoms with van der Waals surface area (Å²) in [6.07, 6.45) is 3.87. The van der Waals surface area contributed by atoms with Crippen molar-refractivity contribution in [2.24, 2.45) is 5.73 Å². The molecule has 96 valence electrons. The van der Waals surface area contributed by atoms with Gasteiger partial charge in [0.05, 0.1) is 6.04 Å². The molecule has 4 unspecified atom stereocenters. The lowest BCUT2D eigenvalue weighted by atomic mass is 9.99. The minimum Gasteiger partial charge on any atom is -0.326 e. The average molecular weight is 252 g/mol. The van der Waals surface area contributed by atoms with Gasteiger partial charge in [0.25, 0.3) is 0 Å². The van der Waals surface area contributed by atoms with Gasteiger partial charge in [0.2, 0.25) is 0 Å². The third-order valence-electron chi connectivity index (χ3n) is 4.02. The summed E-state index contributed by atoms with van der Waals surface area (Å²) in [6, 6.07) is 4.19. The van der Waals surface area contributed by atoms with Crippen molar-refractivity contribution in [1.82, 2.24) is 4.90 Å². The molecule has 1 aliphatic heterocycles. The molecule has 17 heavy (non-hydrogen) atoms. The second kappa shape index (κ2) is 5.51. The van der Waals surface area contributed by atoms with Crippen molar-refractivity contribution in [3.63, 3.8) is 0 Å². The molecule has 2 N–H and O–H groups in total. The van der Waals surface area contributed by atoms with E-state index < -0.39 is 0 Å². The monoisotopic (exact) mass is 252 g/mol. The molecule has 0 aliphatic carbocycles. The maximum absolute atomic E-state index is 6.25. The van der Waals surface area contributed by atoms with Gasteiger partial charge in [0.1, 0.15) is 0 Å². The molecule has 1 saturated heterocycles. The summed E-state index contributed by atoms with van der Waals surface area (Å²) in [5, 5.41) is 4.41. The van der Waals surface area contributed by atoms with E-state index >= 15 is 0 Å². The molecule has 3 heteroatoms. The fourth-order valence-corrected chi connectivity index (χ4v) is 3.89. The first-order valence-electron chi connectivity index (χ1n) is 6.70. The van der Waals surface area contributed by atoms with Crippen LogP contribution in [0.4, 0.5) is 0 Å². The first-order valence-corrected chi connectivity index (χ1v) is 7.64. The predicted octanol–water partition coefficient (Wildman–Crippen LogP) is 3.40. The fourth-order valence-electron chi connectivity index (χ4n) is 3.20. The number of nitrogens with zero attached hydrogens (tertiary/aromatic N) is 1. The molecular weight excluding hydrogens is 228 g/mol. The van der Waals surface area contributed by atoms with Gasteiger partial charge in [-0.2, -0.15) is 11.3 Å². The van der Waals surface area contributed by atoms with Crippen molar-refractivity contribution in [3.8, 4) is 0 Å². The van der Waals surface area contributed by atoms with Crippen molar-refractivity contribution >= 4 is 11.3 Å². The van der Waals surface area contributed by atoms with Crippen LogP contribution in [-0.2, 0) is 0 Å². The first-order chi connectivity index (χ1) is 8.15. The van der Waals surface area contributed by atoms with Crippen molar-refractivity contribution in [3.05, 3.63) is 22.4 Å². The van der Waals surface area contributed by atoms with E-state index in [4.69, 9.17) is 5.73 Å². The van der Waals surface area contributed by atoms with Gasteiger partial charge >= 0.3 is 0 Å². The Bertz CT molecular complexity index is 334. The Morgan fingerprint density at radius 1 is 1.53 bits per heavy atom. The van der Waals surface area contributed by atoms with Crippen LogP contribution in [0.2, 0.25) is 0 Å². The predicted molar refractivity (Wildman–Crippen MR) is 75.3 cm³/mol. The Morgan fingerprint density at radius 3 is 2.82 bits per heavy atom. The summed E-state index contributed by atoms with van der Waals surface area (Å²) in [5.74, 6) is 0. The third kappa shape index (κ3) is 2.56. The van der Waals surface area contributed by atoms with Crippen LogP contribution < -0.4 is 5.73 Å². The second-order valence-electron chi connectivity index (χ2n) is 5.30. The Morgan fingerprint density at radius 2 is 2.29 bits per heavy atom. The van der Waals surface area contributed by atoms with Crippen LogP contribution in [0.25, 0.3) is 0 Å². The highest BCUT2D eigenvalue weighted by Crippen LogP contribution is 2.37. The van der Waals surface area contributed by atoms with Crippen LogP contribution >= 0.6 is 11.3 Å². The molecule has 0 aromatic carbocycles. The minimum absolute atomic E-state index is 0.194. The van der Waals surface area contributed by atoms with Gasteiger partial charge in [0, 0.05) is 18.1 Å². The summed E-state index contributed by atoms with van der Waals surface area (Å²) in [5.41, 5.74) is 7.65. The van der Waals surface area contributed by atoms with Crippen LogP contribution in [0, 0.1) is 0 Å². The lowest BCUT2D eigenvalue weighted by Crippen LogP contribution is -2.44. The molecule has 1 aliphatic rings. The van der Waals surface area contributed by atoms with Gasteiger partial charge in [-0.15, -0.1) is 0 Å². The maximum atomic E-state index is 6.25. The molecule has 1 aromatic rings. The lowest BCUT2D eigenvalue weighted by Gasteiger charge is -2.38. The Kier molecular flexibility index (Phi) is 4.23. The Balaban J connectivity index is 2.26. The highest BCUT2D eigenvalue weighted by atomic mass is 32.1. The molecule has 2 nitrogen and oxygen atoms in total. The van der Waals surface area contributed by atoms with Crippen molar-refractivity contribution in [2.75, 3.05) is 0 Å². The van der Waals surface area contributed by atoms with Crippen LogP contribution in [0.5, 0.6) is 0 Å². The molecule has 0 spiro atoms. The molecule has 1 fully saturated rings.